The molecule has 1 aromatic rings. The molecule has 0 saturated heterocycles. The van der Waals surface area contributed by atoms with Gasteiger partial charge in [0, 0.05) is 18.1 Å². The zero-order valence-corrected chi connectivity index (χ0v) is 9.69. The Hall–Kier alpha value is -1.29. The van der Waals surface area contributed by atoms with Crippen molar-refractivity contribution in [3.63, 3.8) is 0 Å². The molecule has 0 aromatic heterocycles. The quantitative estimate of drug-likeness (QED) is 0.746. The Morgan fingerprint density at radius 3 is 2.38 bits per heavy atom. The zero-order valence-electron chi connectivity index (χ0n) is 8.80. The number of hydrogen-bond acceptors (Lipinski definition) is 3. The largest absolute Gasteiger partial charge is 0.481 e. The van der Waals surface area contributed by atoms with Gasteiger partial charge in [0.05, 0.1) is 0 Å². The maximum atomic E-state index is 11.7. The van der Waals surface area contributed by atoms with Gasteiger partial charge in [0.15, 0.2) is 0 Å². The molecule has 0 fully saturated rings. The standard InChI is InChI=1S/C12H14O3S/c13-11(8-16)10(6-7-12(14)15)9-4-2-1-3-5-9/h1-5,10,16H,6-8H2,(H,14,15)/t10-/m1/s1. The number of hydrogen-bond donors (Lipinski definition) is 2. The minimum Gasteiger partial charge on any atom is -0.481 e. The first kappa shape index (κ1) is 12.8. The summed E-state index contributed by atoms with van der Waals surface area (Å²) in [6.45, 7) is 0. The third kappa shape index (κ3) is 3.70. The summed E-state index contributed by atoms with van der Waals surface area (Å²) in [6, 6.07) is 9.23. The van der Waals surface area contributed by atoms with Gasteiger partial charge in [0.2, 0.25) is 0 Å². The van der Waals surface area contributed by atoms with Crippen molar-refractivity contribution in [2.45, 2.75) is 18.8 Å². The van der Waals surface area contributed by atoms with Gasteiger partial charge in [0.25, 0.3) is 0 Å². The third-order valence-corrected chi connectivity index (χ3v) is 2.70. The second-order valence-electron chi connectivity index (χ2n) is 3.52. The molecule has 0 amide bonds. The summed E-state index contributed by atoms with van der Waals surface area (Å²) < 4.78 is 0. The predicted octanol–water partition coefficient (Wildman–Crippen LogP) is 2.13. The van der Waals surface area contributed by atoms with Gasteiger partial charge in [0.1, 0.15) is 5.78 Å². The Bertz CT molecular complexity index is 362. The maximum Gasteiger partial charge on any atom is 0.303 e. The number of rotatable bonds is 6. The lowest BCUT2D eigenvalue weighted by atomic mass is 9.91. The molecule has 0 spiro atoms. The van der Waals surface area contributed by atoms with Crippen molar-refractivity contribution < 1.29 is 14.7 Å². The first-order valence-electron chi connectivity index (χ1n) is 5.05. The molecule has 0 aliphatic heterocycles. The fourth-order valence-corrected chi connectivity index (χ4v) is 1.80. The molecule has 0 aliphatic carbocycles. The highest BCUT2D eigenvalue weighted by Gasteiger charge is 2.19. The van der Waals surface area contributed by atoms with Crippen molar-refractivity contribution in [3.05, 3.63) is 35.9 Å². The van der Waals surface area contributed by atoms with Crippen LogP contribution in [0.5, 0.6) is 0 Å². The van der Waals surface area contributed by atoms with Crippen LogP contribution in [0.2, 0.25) is 0 Å². The average Bonchev–Trinajstić information content (AvgIpc) is 2.30. The molecule has 16 heavy (non-hydrogen) atoms. The average molecular weight is 238 g/mol. The van der Waals surface area contributed by atoms with Crippen LogP contribution in [0.4, 0.5) is 0 Å². The molecule has 0 bridgehead atoms. The predicted molar refractivity (Wildman–Crippen MR) is 64.9 cm³/mol. The number of thiol groups is 1. The third-order valence-electron chi connectivity index (χ3n) is 2.39. The lowest BCUT2D eigenvalue weighted by Gasteiger charge is -2.13. The van der Waals surface area contributed by atoms with E-state index in [0.29, 0.717) is 6.42 Å². The molecule has 0 saturated carbocycles. The molecule has 3 nitrogen and oxygen atoms in total. The Kier molecular flexibility index (Phi) is 5.05. The van der Waals surface area contributed by atoms with E-state index in [-0.39, 0.29) is 23.9 Å². The number of carboxylic acids is 1. The summed E-state index contributed by atoms with van der Waals surface area (Å²) in [6.07, 6.45) is 0.331. The molecule has 0 aliphatic rings. The number of benzene rings is 1. The molecule has 1 aromatic carbocycles. The molecule has 1 rings (SSSR count). The summed E-state index contributed by atoms with van der Waals surface area (Å²) in [5.74, 6) is -1.13. The first-order valence-corrected chi connectivity index (χ1v) is 5.68. The summed E-state index contributed by atoms with van der Waals surface area (Å²) in [5, 5.41) is 8.63. The Morgan fingerprint density at radius 2 is 1.88 bits per heavy atom. The fourth-order valence-electron chi connectivity index (χ4n) is 1.58. The van der Waals surface area contributed by atoms with Crippen molar-refractivity contribution in [3.8, 4) is 0 Å². The van der Waals surface area contributed by atoms with Crippen LogP contribution in [0.3, 0.4) is 0 Å². The van der Waals surface area contributed by atoms with E-state index in [2.05, 4.69) is 12.6 Å². The summed E-state index contributed by atoms with van der Waals surface area (Å²) in [5.41, 5.74) is 0.864. The molecular weight excluding hydrogens is 224 g/mol. The number of Topliss-reactive ketones (excluding diaryl/α,β-unsaturated/α-hetero) is 1. The molecule has 0 radical (unpaired) electrons. The van der Waals surface area contributed by atoms with Gasteiger partial charge < -0.3 is 5.11 Å². The van der Waals surface area contributed by atoms with Crippen LogP contribution in [-0.2, 0) is 9.59 Å². The van der Waals surface area contributed by atoms with Crippen molar-refractivity contribution in [1.29, 1.82) is 0 Å². The van der Waals surface area contributed by atoms with Gasteiger partial charge in [-0.25, -0.2) is 0 Å². The van der Waals surface area contributed by atoms with Gasteiger partial charge in [-0.3, -0.25) is 9.59 Å². The van der Waals surface area contributed by atoms with Crippen LogP contribution in [0.15, 0.2) is 30.3 Å². The van der Waals surface area contributed by atoms with E-state index in [4.69, 9.17) is 5.11 Å². The summed E-state index contributed by atoms with van der Waals surface area (Å²) in [7, 11) is 0. The van der Waals surface area contributed by atoms with Crippen molar-refractivity contribution >= 4 is 24.4 Å². The normalized spacial score (nSPS) is 12.1. The lowest BCUT2D eigenvalue weighted by Crippen LogP contribution is -2.15. The topological polar surface area (TPSA) is 54.4 Å². The molecule has 86 valence electrons. The van der Waals surface area contributed by atoms with Crippen LogP contribution in [-0.4, -0.2) is 22.6 Å². The van der Waals surface area contributed by atoms with E-state index in [9.17, 15) is 9.59 Å². The second kappa shape index (κ2) is 6.33. The minimum absolute atomic E-state index is 0.000914. The van der Waals surface area contributed by atoms with E-state index in [1.54, 1.807) is 0 Å². The zero-order chi connectivity index (χ0) is 12.0. The van der Waals surface area contributed by atoms with Gasteiger partial charge >= 0.3 is 5.97 Å². The van der Waals surface area contributed by atoms with Crippen molar-refractivity contribution in [2.24, 2.45) is 0 Å². The van der Waals surface area contributed by atoms with Crippen LogP contribution in [0, 0.1) is 0 Å². The molecule has 1 atom stereocenters. The number of carboxylic acid groups (broad SMARTS) is 1. The minimum atomic E-state index is -0.882. The molecular formula is C12H14O3S. The van der Waals surface area contributed by atoms with Gasteiger partial charge in [-0.05, 0) is 12.0 Å². The monoisotopic (exact) mass is 238 g/mol. The van der Waals surface area contributed by atoms with Crippen LogP contribution < -0.4 is 0 Å². The highest BCUT2D eigenvalue weighted by Crippen LogP contribution is 2.22. The molecule has 0 heterocycles. The smallest absolute Gasteiger partial charge is 0.303 e. The molecule has 4 heteroatoms. The van der Waals surface area contributed by atoms with E-state index in [1.807, 2.05) is 30.3 Å². The number of carbonyl (C=O) groups is 2. The Balaban J connectivity index is 2.79. The van der Waals surface area contributed by atoms with Crippen molar-refractivity contribution in [2.75, 3.05) is 5.75 Å². The highest BCUT2D eigenvalue weighted by molar-refractivity contribution is 7.81. The number of carbonyl (C=O) groups excluding carboxylic acids is 1. The van der Waals surface area contributed by atoms with Gasteiger partial charge in [-0.15, -0.1) is 0 Å². The van der Waals surface area contributed by atoms with E-state index in [0.717, 1.165) is 5.56 Å². The second-order valence-corrected chi connectivity index (χ2v) is 3.84. The van der Waals surface area contributed by atoms with Crippen LogP contribution in [0.1, 0.15) is 24.3 Å². The van der Waals surface area contributed by atoms with E-state index >= 15 is 0 Å². The summed E-state index contributed by atoms with van der Waals surface area (Å²) in [4.78, 5) is 22.2. The summed E-state index contributed by atoms with van der Waals surface area (Å²) >= 11 is 3.95. The molecule has 0 unspecified atom stereocenters. The fraction of sp³-hybridized carbons (Fsp3) is 0.333. The maximum absolute atomic E-state index is 11.7. The van der Waals surface area contributed by atoms with Crippen LogP contribution >= 0.6 is 12.6 Å². The lowest BCUT2D eigenvalue weighted by molar-refractivity contribution is -0.137. The van der Waals surface area contributed by atoms with Gasteiger partial charge in [-0.1, -0.05) is 30.3 Å². The number of ketones is 1. The van der Waals surface area contributed by atoms with E-state index < -0.39 is 5.97 Å². The highest BCUT2D eigenvalue weighted by atomic mass is 32.1. The molecule has 1 N–H and O–H groups in total. The Morgan fingerprint density at radius 1 is 1.25 bits per heavy atom. The van der Waals surface area contributed by atoms with Gasteiger partial charge in [-0.2, -0.15) is 12.6 Å². The van der Waals surface area contributed by atoms with Crippen molar-refractivity contribution in [1.82, 2.24) is 0 Å². The SMILES string of the molecule is O=C(O)CC[C@@H](C(=O)CS)c1ccccc1. The Labute approximate surface area is 99.9 Å². The number of aliphatic carboxylic acids is 1. The first-order chi connectivity index (χ1) is 7.65. The van der Waals surface area contributed by atoms with E-state index in [1.165, 1.54) is 0 Å². The van der Waals surface area contributed by atoms with Crippen LogP contribution in [0.25, 0.3) is 0 Å².